The Morgan fingerprint density at radius 2 is 1.75 bits per heavy atom. The zero-order valence-electron chi connectivity index (χ0n) is 11.9. The van der Waals surface area contributed by atoms with Crippen LogP contribution in [0.15, 0.2) is 36.4 Å². The zero-order chi connectivity index (χ0) is 14.7. The molecule has 0 bridgehead atoms. The van der Waals surface area contributed by atoms with Crippen LogP contribution in [-0.4, -0.2) is 12.9 Å². The predicted molar refractivity (Wildman–Crippen MR) is 82.0 cm³/mol. The van der Waals surface area contributed by atoms with E-state index in [2.05, 4.69) is 0 Å². The number of hydrogen-bond acceptors (Lipinski definition) is 2. The fourth-order valence-electron chi connectivity index (χ4n) is 2.09. The Morgan fingerprint density at radius 1 is 1.10 bits per heavy atom. The van der Waals surface area contributed by atoms with Crippen LogP contribution in [0.5, 0.6) is 5.75 Å². The summed E-state index contributed by atoms with van der Waals surface area (Å²) in [5.41, 5.74) is 3.57. The van der Waals surface area contributed by atoms with E-state index < -0.39 is 0 Å². The van der Waals surface area contributed by atoms with E-state index in [4.69, 9.17) is 16.3 Å². The van der Waals surface area contributed by atoms with E-state index in [1.165, 1.54) is 0 Å². The summed E-state index contributed by atoms with van der Waals surface area (Å²) in [7, 11) is 1.57. The Labute approximate surface area is 124 Å². The summed E-state index contributed by atoms with van der Waals surface area (Å²) in [6.07, 6.45) is 0.276. The van der Waals surface area contributed by atoms with E-state index in [9.17, 15) is 4.79 Å². The Balaban J connectivity index is 2.28. The van der Waals surface area contributed by atoms with Gasteiger partial charge in [-0.05, 0) is 48.7 Å². The molecule has 0 spiro atoms. The van der Waals surface area contributed by atoms with E-state index in [1.54, 1.807) is 13.2 Å². The Hall–Kier alpha value is -1.80. The van der Waals surface area contributed by atoms with E-state index in [-0.39, 0.29) is 12.2 Å². The number of carbonyl (C=O) groups excluding carboxylic acids is 1. The molecule has 0 aliphatic rings. The lowest BCUT2D eigenvalue weighted by Gasteiger charge is -2.09. The average molecular weight is 289 g/mol. The first kappa shape index (κ1) is 14.6. The average Bonchev–Trinajstić information content (AvgIpc) is 2.41. The first-order chi connectivity index (χ1) is 9.51. The van der Waals surface area contributed by atoms with Gasteiger partial charge in [0.05, 0.1) is 12.7 Å². The maximum absolute atomic E-state index is 12.4. The fraction of sp³-hybridized carbons (Fsp3) is 0.235. The third kappa shape index (κ3) is 3.20. The molecule has 0 atom stereocenters. The molecule has 0 saturated heterocycles. The van der Waals surface area contributed by atoms with E-state index in [1.807, 2.05) is 44.2 Å². The molecule has 0 radical (unpaired) electrons. The van der Waals surface area contributed by atoms with Gasteiger partial charge in [0.15, 0.2) is 5.78 Å². The molecule has 2 aromatic rings. The number of benzene rings is 2. The summed E-state index contributed by atoms with van der Waals surface area (Å²) in [6, 6.07) is 11.3. The van der Waals surface area contributed by atoms with Crippen molar-refractivity contribution in [1.82, 2.24) is 0 Å². The molecule has 0 saturated carbocycles. The topological polar surface area (TPSA) is 26.3 Å². The number of aryl methyl sites for hydroxylation is 2. The third-order valence-electron chi connectivity index (χ3n) is 3.22. The molecule has 0 aliphatic carbocycles. The van der Waals surface area contributed by atoms with Crippen LogP contribution in [0.2, 0.25) is 5.02 Å². The SMILES string of the molecule is COc1cc(C)ccc1C(=O)Cc1ccc(C)cc1Cl. The highest BCUT2D eigenvalue weighted by atomic mass is 35.5. The first-order valence-electron chi connectivity index (χ1n) is 6.44. The minimum Gasteiger partial charge on any atom is -0.496 e. The molecule has 3 heteroatoms. The highest BCUT2D eigenvalue weighted by molar-refractivity contribution is 6.31. The van der Waals surface area contributed by atoms with Crippen molar-refractivity contribution in [1.29, 1.82) is 0 Å². The number of hydrogen-bond donors (Lipinski definition) is 0. The van der Waals surface area contributed by atoms with Gasteiger partial charge in [-0.1, -0.05) is 29.8 Å². The molecule has 0 amide bonds. The molecule has 0 N–H and O–H groups in total. The quantitative estimate of drug-likeness (QED) is 0.780. The van der Waals surface area contributed by atoms with Crippen molar-refractivity contribution in [3.8, 4) is 5.75 Å². The number of ketones is 1. The van der Waals surface area contributed by atoms with Crippen LogP contribution in [0.1, 0.15) is 27.0 Å². The molecule has 0 heterocycles. The lowest BCUT2D eigenvalue weighted by molar-refractivity contribution is 0.0990. The maximum Gasteiger partial charge on any atom is 0.171 e. The Morgan fingerprint density at radius 3 is 2.40 bits per heavy atom. The number of halogens is 1. The molecule has 2 rings (SSSR count). The highest BCUT2D eigenvalue weighted by Crippen LogP contribution is 2.24. The van der Waals surface area contributed by atoms with E-state index in [0.29, 0.717) is 16.3 Å². The Bertz CT molecular complexity index is 647. The van der Waals surface area contributed by atoms with Gasteiger partial charge < -0.3 is 4.74 Å². The van der Waals surface area contributed by atoms with Gasteiger partial charge in [-0.25, -0.2) is 0 Å². The standard InChI is InChI=1S/C17H17ClO2/c1-11-4-6-13(15(18)8-11)10-16(19)14-7-5-12(2)9-17(14)20-3/h4-9H,10H2,1-3H3. The molecule has 0 aromatic heterocycles. The summed E-state index contributed by atoms with van der Waals surface area (Å²) >= 11 is 6.18. The van der Waals surface area contributed by atoms with Crippen LogP contribution in [0.3, 0.4) is 0 Å². The molecule has 2 nitrogen and oxygen atoms in total. The van der Waals surface area contributed by atoms with Crippen LogP contribution in [0.4, 0.5) is 0 Å². The lowest BCUT2D eigenvalue weighted by atomic mass is 10.0. The maximum atomic E-state index is 12.4. The number of rotatable bonds is 4. The van der Waals surface area contributed by atoms with Gasteiger partial charge in [0, 0.05) is 11.4 Å². The van der Waals surface area contributed by atoms with Gasteiger partial charge in [-0.3, -0.25) is 4.79 Å². The second kappa shape index (κ2) is 6.10. The highest BCUT2D eigenvalue weighted by Gasteiger charge is 2.14. The van der Waals surface area contributed by atoms with Crippen molar-refractivity contribution < 1.29 is 9.53 Å². The van der Waals surface area contributed by atoms with Gasteiger partial charge in [0.2, 0.25) is 0 Å². The summed E-state index contributed by atoms with van der Waals surface area (Å²) in [5, 5.41) is 0.629. The smallest absolute Gasteiger partial charge is 0.171 e. The fourth-order valence-corrected chi connectivity index (χ4v) is 2.39. The van der Waals surface area contributed by atoms with Crippen molar-refractivity contribution in [3.05, 3.63) is 63.7 Å². The van der Waals surface area contributed by atoms with Gasteiger partial charge in [0.1, 0.15) is 5.75 Å². The van der Waals surface area contributed by atoms with Crippen LogP contribution in [0.25, 0.3) is 0 Å². The van der Waals surface area contributed by atoms with Crippen LogP contribution < -0.4 is 4.74 Å². The summed E-state index contributed by atoms with van der Waals surface area (Å²) < 4.78 is 5.28. The largest absolute Gasteiger partial charge is 0.496 e. The minimum atomic E-state index is 0.00704. The normalized spacial score (nSPS) is 10.4. The monoisotopic (exact) mass is 288 g/mol. The van der Waals surface area contributed by atoms with Crippen molar-refractivity contribution in [3.63, 3.8) is 0 Å². The van der Waals surface area contributed by atoms with Gasteiger partial charge >= 0.3 is 0 Å². The van der Waals surface area contributed by atoms with Gasteiger partial charge in [-0.15, -0.1) is 0 Å². The second-order valence-electron chi connectivity index (χ2n) is 4.90. The van der Waals surface area contributed by atoms with Gasteiger partial charge in [-0.2, -0.15) is 0 Å². The molecular formula is C17H17ClO2. The van der Waals surface area contributed by atoms with Crippen LogP contribution in [-0.2, 0) is 6.42 Å². The number of carbonyl (C=O) groups is 1. The molecule has 104 valence electrons. The molecular weight excluding hydrogens is 272 g/mol. The van der Waals surface area contributed by atoms with Crippen LogP contribution in [0, 0.1) is 13.8 Å². The minimum absolute atomic E-state index is 0.00704. The predicted octanol–water partition coefficient (Wildman–Crippen LogP) is 4.39. The van der Waals surface area contributed by atoms with Gasteiger partial charge in [0.25, 0.3) is 0 Å². The lowest BCUT2D eigenvalue weighted by Crippen LogP contribution is -2.06. The first-order valence-corrected chi connectivity index (χ1v) is 6.82. The molecule has 0 unspecified atom stereocenters. The van der Waals surface area contributed by atoms with Crippen molar-refractivity contribution in [2.75, 3.05) is 7.11 Å². The van der Waals surface area contributed by atoms with Crippen molar-refractivity contribution in [2.24, 2.45) is 0 Å². The van der Waals surface area contributed by atoms with Crippen molar-refractivity contribution >= 4 is 17.4 Å². The van der Waals surface area contributed by atoms with E-state index in [0.717, 1.165) is 16.7 Å². The molecule has 0 fully saturated rings. The number of methoxy groups -OCH3 is 1. The second-order valence-corrected chi connectivity index (χ2v) is 5.31. The van der Waals surface area contributed by atoms with Crippen molar-refractivity contribution in [2.45, 2.75) is 20.3 Å². The number of Topliss-reactive ketones (excluding diaryl/α,β-unsaturated/α-hetero) is 1. The summed E-state index contributed by atoms with van der Waals surface area (Å²) in [4.78, 5) is 12.4. The zero-order valence-corrected chi connectivity index (χ0v) is 12.6. The number of ether oxygens (including phenoxy) is 1. The molecule has 0 aliphatic heterocycles. The Kier molecular flexibility index (Phi) is 4.46. The third-order valence-corrected chi connectivity index (χ3v) is 3.57. The molecule has 2 aromatic carbocycles. The summed E-state index contributed by atoms with van der Waals surface area (Å²) in [5.74, 6) is 0.617. The van der Waals surface area contributed by atoms with Crippen LogP contribution >= 0.6 is 11.6 Å². The molecule has 20 heavy (non-hydrogen) atoms. The van der Waals surface area contributed by atoms with E-state index >= 15 is 0 Å². The summed E-state index contributed by atoms with van der Waals surface area (Å²) in [6.45, 7) is 3.94.